The zero-order valence-electron chi connectivity index (χ0n) is 11.4. The van der Waals surface area contributed by atoms with Gasteiger partial charge in [0.25, 0.3) is 0 Å². The highest BCUT2D eigenvalue weighted by Gasteiger charge is 2.33. The largest absolute Gasteiger partial charge is 0.375 e. The van der Waals surface area contributed by atoms with E-state index < -0.39 is 0 Å². The molecule has 2 fully saturated rings. The van der Waals surface area contributed by atoms with Gasteiger partial charge in [0.05, 0.1) is 24.4 Å². The van der Waals surface area contributed by atoms with Crippen LogP contribution in [0.3, 0.4) is 0 Å². The minimum absolute atomic E-state index is 0.246. The van der Waals surface area contributed by atoms with Gasteiger partial charge in [-0.05, 0) is 38.5 Å². The molecule has 0 radical (unpaired) electrons. The van der Waals surface area contributed by atoms with Crippen molar-refractivity contribution < 1.29 is 14.2 Å². The van der Waals surface area contributed by atoms with E-state index >= 15 is 0 Å². The van der Waals surface area contributed by atoms with Crippen LogP contribution in [0.1, 0.15) is 38.5 Å². The summed E-state index contributed by atoms with van der Waals surface area (Å²) in [5.74, 6) is 0. The highest BCUT2D eigenvalue weighted by atomic mass is 79.9. The molecule has 4 unspecified atom stereocenters. The first kappa shape index (κ1) is 16.2. The Bertz CT molecular complexity index is 225. The lowest BCUT2D eigenvalue weighted by Gasteiger charge is -2.38. The van der Waals surface area contributed by atoms with Crippen molar-refractivity contribution >= 4 is 31.9 Å². The summed E-state index contributed by atoms with van der Waals surface area (Å²) < 4.78 is 18.1. The third kappa shape index (κ3) is 4.95. The molecule has 2 heterocycles. The topological polar surface area (TPSA) is 27.7 Å². The first-order valence-electron chi connectivity index (χ1n) is 7.35. The minimum atomic E-state index is 0.246. The van der Waals surface area contributed by atoms with E-state index in [0.29, 0.717) is 0 Å². The van der Waals surface area contributed by atoms with Crippen molar-refractivity contribution in [2.24, 2.45) is 0 Å². The molecule has 19 heavy (non-hydrogen) atoms. The van der Waals surface area contributed by atoms with E-state index in [4.69, 9.17) is 14.2 Å². The Kier molecular flexibility index (Phi) is 7.66. The highest BCUT2D eigenvalue weighted by Crippen LogP contribution is 2.27. The molecule has 2 saturated heterocycles. The maximum absolute atomic E-state index is 6.37. The van der Waals surface area contributed by atoms with Crippen molar-refractivity contribution in [1.29, 1.82) is 0 Å². The molecule has 0 spiro atoms. The Morgan fingerprint density at radius 1 is 0.842 bits per heavy atom. The predicted octanol–water partition coefficient (Wildman–Crippen LogP) is 3.67. The molecule has 0 amide bonds. The number of rotatable bonds is 6. The molecule has 0 N–H and O–H groups in total. The van der Waals surface area contributed by atoms with E-state index in [-0.39, 0.29) is 24.4 Å². The summed E-state index contributed by atoms with van der Waals surface area (Å²) >= 11 is 7.02. The number of hydrogen-bond donors (Lipinski definition) is 0. The first-order valence-corrected chi connectivity index (χ1v) is 9.60. The van der Waals surface area contributed by atoms with Crippen LogP contribution in [0.2, 0.25) is 0 Å². The fraction of sp³-hybridized carbons (Fsp3) is 1.00. The highest BCUT2D eigenvalue weighted by molar-refractivity contribution is 9.09. The van der Waals surface area contributed by atoms with Crippen LogP contribution in [0.4, 0.5) is 0 Å². The van der Waals surface area contributed by atoms with Gasteiger partial charge >= 0.3 is 0 Å². The van der Waals surface area contributed by atoms with E-state index in [0.717, 1.165) is 62.4 Å². The summed E-state index contributed by atoms with van der Waals surface area (Å²) in [5.41, 5.74) is 0. The lowest BCUT2D eigenvalue weighted by atomic mass is 10.00. The Morgan fingerprint density at radius 3 is 1.74 bits per heavy atom. The molecule has 0 aromatic carbocycles. The fourth-order valence-corrected chi connectivity index (χ4v) is 3.82. The molecular formula is C14H24Br2O3. The SMILES string of the molecule is BrCCC1OCCCC1OC1CCCOC1CCBr. The molecule has 2 rings (SSSR count). The van der Waals surface area contributed by atoms with Crippen LogP contribution in [0.15, 0.2) is 0 Å². The van der Waals surface area contributed by atoms with Gasteiger partial charge in [0.2, 0.25) is 0 Å². The molecule has 5 heteroatoms. The quantitative estimate of drug-likeness (QED) is 0.637. The van der Waals surface area contributed by atoms with E-state index in [9.17, 15) is 0 Å². The summed E-state index contributed by atoms with van der Waals surface area (Å²) in [6.07, 6.45) is 7.51. The average Bonchev–Trinajstić information content (AvgIpc) is 2.44. The van der Waals surface area contributed by atoms with Crippen LogP contribution < -0.4 is 0 Å². The van der Waals surface area contributed by atoms with Crippen molar-refractivity contribution in [2.75, 3.05) is 23.9 Å². The Balaban J connectivity index is 1.88. The van der Waals surface area contributed by atoms with Crippen LogP contribution in [0.5, 0.6) is 0 Å². The third-order valence-corrected chi connectivity index (χ3v) is 4.81. The summed E-state index contributed by atoms with van der Waals surface area (Å²) in [7, 11) is 0. The van der Waals surface area contributed by atoms with E-state index in [2.05, 4.69) is 31.9 Å². The molecule has 2 aliphatic rings. The smallest absolute Gasteiger partial charge is 0.0844 e. The predicted molar refractivity (Wildman–Crippen MR) is 83.4 cm³/mol. The second-order valence-electron chi connectivity index (χ2n) is 5.27. The van der Waals surface area contributed by atoms with Gasteiger partial charge < -0.3 is 14.2 Å². The van der Waals surface area contributed by atoms with Gasteiger partial charge in [-0.2, -0.15) is 0 Å². The number of halogens is 2. The van der Waals surface area contributed by atoms with Crippen LogP contribution in [-0.4, -0.2) is 48.3 Å². The number of ether oxygens (including phenoxy) is 3. The lowest BCUT2D eigenvalue weighted by Crippen LogP contribution is -2.44. The summed E-state index contributed by atoms with van der Waals surface area (Å²) in [5, 5.41) is 1.95. The molecule has 3 nitrogen and oxygen atoms in total. The lowest BCUT2D eigenvalue weighted by molar-refractivity contribution is -0.177. The van der Waals surface area contributed by atoms with Crippen molar-refractivity contribution in [3.8, 4) is 0 Å². The maximum Gasteiger partial charge on any atom is 0.0844 e. The molecular weight excluding hydrogens is 376 g/mol. The number of hydrogen-bond acceptors (Lipinski definition) is 3. The maximum atomic E-state index is 6.37. The third-order valence-electron chi connectivity index (χ3n) is 3.90. The van der Waals surface area contributed by atoms with Crippen molar-refractivity contribution in [3.63, 3.8) is 0 Å². The molecule has 0 aromatic rings. The molecule has 2 aliphatic heterocycles. The zero-order valence-corrected chi connectivity index (χ0v) is 14.5. The fourth-order valence-electron chi connectivity index (χ4n) is 2.91. The Hall–Kier alpha value is 0.840. The normalized spacial score (nSPS) is 36.3. The average molecular weight is 400 g/mol. The summed E-state index contributed by atoms with van der Waals surface area (Å²) in [6, 6.07) is 0. The van der Waals surface area contributed by atoms with Crippen LogP contribution >= 0.6 is 31.9 Å². The Labute approximate surface area is 133 Å². The minimum Gasteiger partial charge on any atom is -0.375 e. The van der Waals surface area contributed by atoms with Crippen molar-refractivity contribution in [2.45, 2.75) is 62.9 Å². The molecule has 0 aromatic heterocycles. The van der Waals surface area contributed by atoms with Gasteiger partial charge in [-0.1, -0.05) is 31.9 Å². The van der Waals surface area contributed by atoms with E-state index in [1.165, 1.54) is 0 Å². The van der Waals surface area contributed by atoms with Crippen LogP contribution in [0, 0.1) is 0 Å². The van der Waals surface area contributed by atoms with Gasteiger partial charge in [-0.25, -0.2) is 0 Å². The van der Waals surface area contributed by atoms with Gasteiger partial charge in [0.1, 0.15) is 0 Å². The zero-order chi connectivity index (χ0) is 13.5. The molecule has 0 saturated carbocycles. The summed E-state index contributed by atoms with van der Waals surface area (Å²) in [6.45, 7) is 1.76. The molecule has 0 aliphatic carbocycles. The van der Waals surface area contributed by atoms with Gasteiger partial charge in [-0.3, -0.25) is 0 Å². The Morgan fingerprint density at radius 2 is 1.32 bits per heavy atom. The monoisotopic (exact) mass is 398 g/mol. The van der Waals surface area contributed by atoms with Gasteiger partial charge in [0, 0.05) is 23.9 Å². The number of alkyl halides is 2. The first-order chi connectivity index (χ1) is 9.35. The molecule has 4 atom stereocenters. The van der Waals surface area contributed by atoms with Crippen LogP contribution in [-0.2, 0) is 14.2 Å². The van der Waals surface area contributed by atoms with Gasteiger partial charge in [-0.15, -0.1) is 0 Å². The van der Waals surface area contributed by atoms with E-state index in [1.54, 1.807) is 0 Å². The van der Waals surface area contributed by atoms with Crippen LogP contribution in [0.25, 0.3) is 0 Å². The molecule has 0 bridgehead atoms. The standard InChI is InChI=1S/C14H24Br2O3/c15-7-5-11-13(3-1-9-17-11)19-14-4-2-10-18-12(14)6-8-16/h11-14H,1-10H2. The molecule has 112 valence electrons. The van der Waals surface area contributed by atoms with Crippen molar-refractivity contribution in [1.82, 2.24) is 0 Å². The van der Waals surface area contributed by atoms with Crippen molar-refractivity contribution in [3.05, 3.63) is 0 Å². The van der Waals surface area contributed by atoms with Gasteiger partial charge in [0.15, 0.2) is 0 Å². The summed E-state index contributed by atoms with van der Waals surface area (Å²) in [4.78, 5) is 0. The second kappa shape index (κ2) is 8.98. The van der Waals surface area contributed by atoms with E-state index in [1.807, 2.05) is 0 Å². The second-order valence-corrected chi connectivity index (χ2v) is 6.86.